The predicted molar refractivity (Wildman–Crippen MR) is 293 cm³/mol. The quantitative estimate of drug-likeness (QED) is 0.0383. The van der Waals surface area contributed by atoms with Gasteiger partial charge in [0.15, 0.2) is 11.9 Å². The molecule has 438 valence electrons. The van der Waals surface area contributed by atoms with Crippen LogP contribution in [0.15, 0.2) is 70.6 Å². The number of aliphatic imine (C=N–C) groups is 2. The van der Waals surface area contributed by atoms with Gasteiger partial charge in [0, 0.05) is 25.9 Å². The van der Waals surface area contributed by atoms with Gasteiger partial charge in [0.2, 0.25) is 29.5 Å². The van der Waals surface area contributed by atoms with Crippen LogP contribution in [-0.4, -0.2) is 162 Å². The monoisotopic (exact) mass is 1120 g/mol. The van der Waals surface area contributed by atoms with Crippen LogP contribution in [0.25, 0.3) is 0 Å². The van der Waals surface area contributed by atoms with Crippen molar-refractivity contribution >= 4 is 78.0 Å². The van der Waals surface area contributed by atoms with E-state index in [0.29, 0.717) is 31.1 Å². The molecule has 2 aromatic carbocycles. The van der Waals surface area contributed by atoms with Crippen molar-refractivity contribution in [2.45, 2.75) is 146 Å². The van der Waals surface area contributed by atoms with Crippen LogP contribution in [0.1, 0.15) is 84.3 Å². The Morgan fingerprint density at radius 1 is 0.562 bits per heavy atom. The summed E-state index contributed by atoms with van der Waals surface area (Å²) in [7, 11) is 0. The summed E-state index contributed by atoms with van der Waals surface area (Å²) >= 11 is 0. The number of carboxylic acid groups (broad SMARTS) is 2. The summed E-state index contributed by atoms with van der Waals surface area (Å²) < 4.78 is 0. The molecule has 2 heterocycles. The van der Waals surface area contributed by atoms with Crippen LogP contribution in [0.3, 0.4) is 0 Å². The Morgan fingerprint density at radius 3 is 1.43 bits per heavy atom. The van der Waals surface area contributed by atoms with E-state index < -0.39 is 114 Å². The van der Waals surface area contributed by atoms with Gasteiger partial charge in [-0.15, -0.1) is 0 Å². The molecule has 80 heavy (non-hydrogen) atoms. The Bertz CT molecular complexity index is 2500. The Kier molecular flexibility index (Phi) is 27.4. The third-order valence-electron chi connectivity index (χ3n) is 12.3. The highest BCUT2D eigenvalue weighted by Gasteiger charge is 2.37. The summed E-state index contributed by atoms with van der Waals surface area (Å²) in [4.78, 5) is 144. The highest BCUT2D eigenvalue weighted by atomic mass is 16.4. The summed E-state index contributed by atoms with van der Waals surface area (Å²) in [6, 6.07) is 5.83. The van der Waals surface area contributed by atoms with Crippen molar-refractivity contribution in [3.05, 3.63) is 71.8 Å². The second kappa shape index (κ2) is 33.4. The first-order valence-corrected chi connectivity index (χ1v) is 26.1. The molecule has 28 heteroatoms. The number of nitrogens with zero attached hydrogens (tertiary/aromatic N) is 2. The zero-order chi connectivity index (χ0) is 59.5. The molecule has 0 spiro atoms. The van der Waals surface area contributed by atoms with Crippen molar-refractivity contribution in [2.75, 3.05) is 13.1 Å². The summed E-state index contributed by atoms with van der Waals surface area (Å²) in [5.41, 5.74) is 18.3. The van der Waals surface area contributed by atoms with E-state index in [9.17, 15) is 63.0 Å². The number of rotatable bonds is 29. The van der Waals surface area contributed by atoms with Gasteiger partial charge in [-0.2, -0.15) is 0 Å². The molecule has 9 amide bonds. The van der Waals surface area contributed by atoms with Crippen LogP contribution in [0, 0.1) is 11.8 Å². The summed E-state index contributed by atoms with van der Waals surface area (Å²) in [6.07, 6.45) is 2.08. The van der Waals surface area contributed by atoms with Crippen molar-refractivity contribution in [3.8, 4) is 0 Å². The number of urea groups is 2. The number of hydrogen-bond acceptors (Lipinski definition) is 17. The Balaban J connectivity index is 0.000000430. The van der Waals surface area contributed by atoms with E-state index in [1.54, 1.807) is 44.2 Å². The smallest absolute Gasteiger partial charge is 0.326 e. The van der Waals surface area contributed by atoms with E-state index in [1.165, 1.54) is 6.92 Å². The number of carbonyl (C=O) groups excluding carboxylic acids is 9. The lowest BCUT2D eigenvalue weighted by molar-refractivity contribution is -0.140. The fourth-order valence-corrected chi connectivity index (χ4v) is 8.31. The molecular formula is C52H77N15O13. The van der Waals surface area contributed by atoms with Crippen molar-refractivity contribution in [1.29, 1.82) is 0 Å². The average molecular weight is 1120 g/mol. The van der Waals surface area contributed by atoms with Gasteiger partial charge >= 0.3 is 24.0 Å². The molecule has 0 saturated heterocycles. The van der Waals surface area contributed by atoms with Crippen LogP contribution < -0.4 is 70.4 Å². The first-order chi connectivity index (χ1) is 37.9. The van der Waals surface area contributed by atoms with Crippen LogP contribution in [-0.2, 0) is 56.0 Å². The highest BCUT2D eigenvalue weighted by molar-refractivity contribution is 5.96. The van der Waals surface area contributed by atoms with E-state index >= 15 is 0 Å². The Hall–Kier alpha value is -8.85. The first kappa shape index (κ1) is 65.4. The van der Waals surface area contributed by atoms with Crippen LogP contribution in [0.4, 0.5) is 9.59 Å². The van der Waals surface area contributed by atoms with Crippen LogP contribution in [0.2, 0.25) is 0 Å². The minimum atomic E-state index is -1.31. The number of aldehydes is 2. The molecule has 4 rings (SSSR count). The maximum absolute atomic E-state index is 13.7. The van der Waals surface area contributed by atoms with Crippen molar-refractivity contribution in [2.24, 2.45) is 39.0 Å². The molecule has 0 saturated carbocycles. The molecule has 28 nitrogen and oxygen atoms in total. The molecular weight excluding hydrogens is 1040 g/mol. The molecule has 2 aliphatic rings. The lowest BCUT2D eigenvalue weighted by atomic mass is 9.99. The van der Waals surface area contributed by atoms with Crippen molar-refractivity contribution in [3.63, 3.8) is 0 Å². The normalized spacial score (nSPS) is 17.6. The molecule has 0 bridgehead atoms. The minimum Gasteiger partial charge on any atom is -0.480 e. The SMILES string of the molecule is CC(C)C[C@H](NC(=O)N[C@@H](C(=O)N[C@@H](CCC(N)=O)C(=O)N[C@@H](C)C=O)C1CCN=C(N)N1)C(=O)O.CC(C)C[C@H](NC(=O)[C@H](NC(=O)N[C@@H](Cc1ccccc1)C(=O)O)C1CCN=C(N)N1)C(=O)N[C@H](C=O)Cc1ccccc1. The van der Waals surface area contributed by atoms with Gasteiger partial charge in [0.05, 0.1) is 24.2 Å². The number of carboxylic acids is 2. The number of benzene rings is 2. The number of amides is 9. The zero-order valence-electron chi connectivity index (χ0n) is 45.4. The van der Waals surface area contributed by atoms with Crippen LogP contribution in [0.5, 0.6) is 0 Å². The zero-order valence-corrected chi connectivity index (χ0v) is 45.4. The minimum absolute atomic E-state index is 0.00513. The molecule has 0 aliphatic carbocycles. The number of guanidine groups is 2. The van der Waals surface area contributed by atoms with E-state index in [2.05, 4.69) is 63.2 Å². The van der Waals surface area contributed by atoms with Crippen molar-refractivity contribution < 1.29 is 63.0 Å². The van der Waals surface area contributed by atoms with Gasteiger partial charge < -0.3 is 90.2 Å². The van der Waals surface area contributed by atoms with Gasteiger partial charge in [-0.3, -0.25) is 34.0 Å². The Labute approximate surface area is 463 Å². The number of nitrogens with two attached hydrogens (primary N) is 3. The predicted octanol–water partition coefficient (Wildman–Crippen LogP) is -2.23. The second-order valence-electron chi connectivity index (χ2n) is 20.0. The third-order valence-corrected chi connectivity index (χ3v) is 12.3. The average Bonchev–Trinajstić information content (AvgIpc) is 3.40. The number of nitrogens with one attached hydrogen (secondary N) is 10. The Morgan fingerprint density at radius 2 is 1.00 bits per heavy atom. The van der Waals surface area contributed by atoms with Gasteiger partial charge in [0.1, 0.15) is 48.8 Å². The van der Waals surface area contributed by atoms with E-state index in [4.69, 9.17) is 17.2 Å². The molecule has 10 atom stereocenters. The van der Waals surface area contributed by atoms with Crippen LogP contribution >= 0.6 is 0 Å². The summed E-state index contributed by atoms with van der Waals surface area (Å²) in [5, 5.41) is 44.9. The van der Waals surface area contributed by atoms with Crippen molar-refractivity contribution in [1.82, 2.24) is 53.2 Å². The van der Waals surface area contributed by atoms with Gasteiger partial charge in [-0.25, -0.2) is 19.2 Å². The lowest BCUT2D eigenvalue weighted by Gasteiger charge is -2.32. The second-order valence-corrected chi connectivity index (χ2v) is 20.0. The number of hydrogen-bond donors (Lipinski definition) is 15. The van der Waals surface area contributed by atoms with Gasteiger partial charge in [0.25, 0.3) is 0 Å². The molecule has 2 aliphatic heterocycles. The molecule has 2 aromatic rings. The fourth-order valence-electron chi connectivity index (χ4n) is 8.31. The maximum atomic E-state index is 13.7. The first-order valence-electron chi connectivity index (χ1n) is 26.1. The molecule has 0 radical (unpaired) electrons. The standard InChI is InChI=1S/C31H41N7O6.C21H36N8O7/c1-19(2)15-24(27(40)34-22(18-39)16-20-9-5-3-6-10-20)35-28(41)26(23-13-14-33-30(32)36-23)38-31(44)37-25(29(42)43)17-21-11-7-4-8-12-21;1-10(2)8-14(19(34)35)28-21(36)29-16(12-6-7-24-20(23)27-12)18(33)26-13(4-5-15(22)31)17(32)25-11(3)9-30/h3-12,18-19,22-26H,13-17H2,1-2H3,(H,34,40)(H,35,41)(H,42,43)(H3,32,33,36)(H2,37,38,44);9-14,16H,4-8H2,1-3H3,(H2,22,31)(H,25,32)(H,26,33)(H,34,35)(H3,23,24,27)(H2,28,29,36)/t22-,23?,24-,25-,26+;11-,12?,13-,14-,16+/m00/s1. The molecule has 18 N–H and O–H groups in total. The van der Waals surface area contributed by atoms with Gasteiger partial charge in [-0.05, 0) is 68.4 Å². The molecule has 2 unspecified atom stereocenters. The number of aliphatic carboxylic acids is 2. The highest BCUT2D eigenvalue weighted by Crippen LogP contribution is 2.13. The largest absolute Gasteiger partial charge is 0.480 e. The summed E-state index contributed by atoms with van der Waals surface area (Å²) in [6.45, 7) is 9.33. The van der Waals surface area contributed by atoms with E-state index in [-0.39, 0.29) is 75.2 Å². The number of carbonyl (C=O) groups is 11. The van der Waals surface area contributed by atoms with E-state index in [1.807, 2.05) is 44.2 Å². The molecule has 0 aromatic heterocycles. The lowest BCUT2D eigenvalue weighted by Crippen LogP contribution is -2.64. The third kappa shape index (κ3) is 23.8. The van der Waals surface area contributed by atoms with E-state index in [0.717, 1.165) is 5.56 Å². The molecule has 0 fully saturated rings. The fraction of sp³-hybridized carbons (Fsp3) is 0.519. The topological polar surface area (TPSA) is 451 Å². The van der Waals surface area contributed by atoms with Gasteiger partial charge in [-0.1, -0.05) is 88.4 Å². The number of primary amides is 1. The summed E-state index contributed by atoms with van der Waals surface area (Å²) in [5.74, 6) is -5.87. The maximum Gasteiger partial charge on any atom is 0.326 e.